The van der Waals surface area contributed by atoms with Gasteiger partial charge in [-0.3, -0.25) is 4.79 Å². The quantitative estimate of drug-likeness (QED) is 0.593. The predicted octanol–water partition coefficient (Wildman–Crippen LogP) is 2.28. The molecule has 0 aliphatic heterocycles. The third kappa shape index (κ3) is 3.23. The Balaban J connectivity index is 1.69. The van der Waals surface area contributed by atoms with Crippen molar-refractivity contribution in [2.45, 2.75) is 13.0 Å². The molecule has 7 heteroatoms. The van der Waals surface area contributed by atoms with Crippen molar-refractivity contribution in [1.82, 2.24) is 20.4 Å². The highest BCUT2D eigenvalue weighted by Crippen LogP contribution is 2.11. The topological polar surface area (TPSA) is 72.2 Å². The van der Waals surface area contributed by atoms with Crippen molar-refractivity contribution in [3.05, 3.63) is 59.9 Å². The van der Waals surface area contributed by atoms with Crippen LogP contribution in [0.2, 0.25) is 0 Å². The minimum Gasteiger partial charge on any atom is -0.271 e. The van der Waals surface area contributed by atoms with Crippen LogP contribution in [-0.4, -0.2) is 27.1 Å². The fourth-order valence-corrected chi connectivity index (χ4v) is 1.99. The summed E-state index contributed by atoms with van der Waals surface area (Å²) in [5.41, 5.74) is 4.08. The molecule has 6 nitrogen and oxygen atoms in total. The highest BCUT2D eigenvalue weighted by molar-refractivity contribution is 5.84. The van der Waals surface area contributed by atoms with E-state index in [4.69, 9.17) is 0 Å². The van der Waals surface area contributed by atoms with Gasteiger partial charge in [0.25, 0.3) is 5.91 Å². The van der Waals surface area contributed by atoms with Gasteiger partial charge >= 0.3 is 0 Å². The lowest BCUT2D eigenvalue weighted by molar-refractivity contribution is -0.124. The summed E-state index contributed by atoms with van der Waals surface area (Å²) in [4.78, 5) is 13.4. The molecule has 23 heavy (non-hydrogen) atoms. The summed E-state index contributed by atoms with van der Waals surface area (Å²) in [5, 5.41) is 12.3. The number of nitrogens with one attached hydrogen (secondary N) is 1. The molecule has 0 saturated heterocycles. The number of halogens is 1. The maximum absolute atomic E-state index is 13.4. The first kappa shape index (κ1) is 14.8. The molecule has 2 aromatic carbocycles. The number of hydrogen-bond donors (Lipinski definition) is 1. The molecule has 0 saturated carbocycles. The Kier molecular flexibility index (Phi) is 4.09. The smallest absolute Gasteiger partial charge is 0.266 e. The molecular formula is C16H14FN5O. The first-order chi connectivity index (χ1) is 11.1. The Labute approximate surface area is 131 Å². The number of amides is 1. The maximum atomic E-state index is 13.4. The van der Waals surface area contributed by atoms with Gasteiger partial charge in [0.15, 0.2) is 0 Å². The van der Waals surface area contributed by atoms with Crippen LogP contribution in [-0.2, 0) is 4.79 Å². The number of fused-ring (bicyclic) bond motifs is 1. The van der Waals surface area contributed by atoms with Gasteiger partial charge in [0.1, 0.15) is 22.9 Å². The minimum atomic E-state index is -0.639. The second-order valence-corrected chi connectivity index (χ2v) is 4.94. The molecule has 1 heterocycles. The van der Waals surface area contributed by atoms with Crippen molar-refractivity contribution >= 4 is 23.2 Å². The average Bonchev–Trinajstić information content (AvgIpc) is 2.99. The first-order valence-corrected chi connectivity index (χ1v) is 7.04. The SMILES string of the molecule is C[C@@H](C(=O)N/N=C\c1ccccc1F)n1nc2ccccc2n1. The van der Waals surface area contributed by atoms with Crippen LogP contribution >= 0.6 is 0 Å². The molecule has 3 rings (SSSR count). The zero-order valence-corrected chi connectivity index (χ0v) is 12.3. The highest BCUT2D eigenvalue weighted by atomic mass is 19.1. The number of hydrogen-bond acceptors (Lipinski definition) is 4. The van der Waals surface area contributed by atoms with E-state index in [9.17, 15) is 9.18 Å². The second-order valence-electron chi connectivity index (χ2n) is 4.94. The van der Waals surface area contributed by atoms with Crippen molar-refractivity contribution in [3.8, 4) is 0 Å². The fraction of sp³-hybridized carbons (Fsp3) is 0.125. The molecular weight excluding hydrogens is 297 g/mol. The number of nitrogens with zero attached hydrogens (tertiary/aromatic N) is 4. The molecule has 0 fully saturated rings. The van der Waals surface area contributed by atoms with E-state index in [2.05, 4.69) is 20.7 Å². The van der Waals surface area contributed by atoms with E-state index in [1.165, 1.54) is 17.1 Å². The first-order valence-electron chi connectivity index (χ1n) is 7.04. The number of hydrazone groups is 1. The fourth-order valence-electron chi connectivity index (χ4n) is 1.99. The van der Waals surface area contributed by atoms with Crippen LogP contribution < -0.4 is 5.43 Å². The molecule has 116 valence electrons. The zero-order valence-electron chi connectivity index (χ0n) is 12.3. The van der Waals surface area contributed by atoms with E-state index >= 15 is 0 Å². The zero-order chi connectivity index (χ0) is 16.2. The van der Waals surface area contributed by atoms with Crippen LogP contribution in [0.1, 0.15) is 18.5 Å². The van der Waals surface area contributed by atoms with Crippen LogP contribution in [0.5, 0.6) is 0 Å². The number of carbonyl (C=O) groups is 1. The Morgan fingerprint density at radius 1 is 1.17 bits per heavy atom. The predicted molar refractivity (Wildman–Crippen MR) is 84.4 cm³/mol. The third-order valence-electron chi connectivity index (χ3n) is 3.31. The summed E-state index contributed by atoms with van der Waals surface area (Å²) in [7, 11) is 0. The molecule has 0 radical (unpaired) electrons. The van der Waals surface area contributed by atoms with Crippen LogP contribution in [0.3, 0.4) is 0 Å². The molecule has 3 aromatic rings. The average molecular weight is 311 g/mol. The largest absolute Gasteiger partial charge is 0.271 e. The molecule has 1 N–H and O–H groups in total. The van der Waals surface area contributed by atoms with E-state index in [0.29, 0.717) is 16.6 Å². The van der Waals surface area contributed by atoms with Crippen LogP contribution in [0, 0.1) is 5.82 Å². The monoisotopic (exact) mass is 311 g/mol. The van der Waals surface area contributed by atoms with Crippen molar-refractivity contribution in [2.24, 2.45) is 5.10 Å². The number of aromatic nitrogens is 3. The lowest BCUT2D eigenvalue weighted by Gasteiger charge is -2.07. The molecule has 1 atom stereocenters. The van der Waals surface area contributed by atoms with E-state index in [-0.39, 0.29) is 0 Å². The molecule has 0 unspecified atom stereocenters. The van der Waals surface area contributed by atoms with Gasteiger partial charge in [0.2, 0.25) is 0 Å². The Hall–Kier alpha value is -3.09. The Bertz CT molecular complexity index is 841. The van der Waals surface area contributed by atoms with Crippen molar-refractivity contribution < 1.29 is 9.18 Å². The Morgan fingerprint density at radius 2 is 1.78 bits per heavy atom. The van der Waals surface area contributed by atoms with Gasteiger partial charge in [0.05, 0.1) is 6.21 Å². The van der Waals surface area contributed by atoms with Crippen molar-refractivity contribution in [2.75, 3.05) is 0 Å². The molecule has 0 bridgehead atoms. The van der Waals surface area contributed by atoms with E-state index < -0.39 is 17.8 Å². The Morgan fingerprint density at radius 3 is 2.43 bits per heavy atom. The molecule has 1 amide bonds. The normalized spacial score (nSPS) is 12.6. The van der Waals surface area contributed by atoms with Gasteiger partial charge in [-0.05, 0) is 25.1 Å². The third-order valence-corrected chi connectivity index (χ3v) is 3.31. The molecule has 0 aliphatic rings. The maximum Gasteiger partial charge on any atom is 0.266 e. The summed E-state index contributed by atoms with van der Waals surface area (Å²) in [6, 6.07) is 12.9. The lowest BCUT2D eigenvalue weighted by Crippen LogP contribution is -2.28. The number of rotatable bonds is 4. The van der Waals surface area contributed by atoms with Gasteiger partial charge in [-0.25, -0.2) is 9.82 Å². The van der Waals surface area contributed by atoms with Crippen molar-refractivity contribution in [1.29, 1.82) is 0 Å². The highest BCUT2D eigenvalue weighted by Gasteiger charge is 2.17. The second kappa shape index (κ2) is 6.35. The standard InChI is InChI=1S/C16H14FN5O/c1-11(22-20-14-8-4-5-9-15(14)21-22)16(23)19-18-10-12-6-2-3-7-13(12)17/h2-11H,1H3,(H,19,23)/b18-10-/t11-/m0/s1. The summed E-state index contributed by atoms with van der Waals surface area (Å²) in [6.07, 6.45) is 1.26. The number of carbonyl (C=O) groups excluding carboxylic acids is 1. The van der Waals surface area contributed by atoms with Crippen LogP contribution in [0.4, 0.5) is 4.39 Å². The molecule has 0 spiro atoms. The van der Waals surface area contributed by atoms with E-state index in [1.54, 1.807) is 25.1 Å². The van der Waals surface area contributed by atoms with Gasteiger partial charge in [0, 0.05) is 5.56 Å². The van der Waals surface area contributed by atoms with Crippen LogP contribution in [0.15, 0.2) is 53.6 Å². The van der Waals surface area contributed by atoms with Crippen molar-refractivity contribution in [3.63, 3.8) is 0 Å². The van der Waals surface area contributed by atoms with Crippen LogP contribution in [0.25, 0.3) is 11.0 Å². The van der Waals surface area contributed by atoms with Gasteiger partial charge in [-0.1, -0.05) is 30.3 Å². The summed E-state index contributed by atoms with van der Waals surface area (Å²) < 4.78 is 13.4. The number of benzene rings is 2. The van der Waals surface area contributed by atoms with E-state index in [1.807, 2.05) is 24.3 Å². The van der Waals surface area contributed by atoms with E-state index in [0.717, 1.165) is 0 Å². The molecule has 0 aliphatic carbocycles. The summed E-state index contributed by atoms with van der Waals surface area (Å²) >= 11 is 0. The summed E-state index contributed by atoms with van der Waals surface area (Å²) in [5.74, 6) is -0.795. The van der Waals surface area contributed by atoms with Gasteiger partial charge < -0.3 is 0 Å². The molecule has 1 aromatic heterocycles. The van der Waals surface area contributed by atoms with Gasteiger partial charge in [-0.2, -0.15) is 20.1 Å². The minimum absolute atomic E-state index is 0.295. The summed E-state index contributed by atoms with van der Waals surface area (Å²) in [6.45, 7) is 1.66. The van der Waals surface area contributed by atoms with Gasteiger partial charge in [-0.15, -0.1) is 0 Å². The lowest BCUT2D eigenvalue weighted by atomic mass is 10.2.